The number of nitrogens with zero attached hydrogens (tertiary/aromatic N) is 2. The number of halogens is 1. The van der Waals surface area contributed by atoms with Gasteiger partial charge in [-0.05, 0) is 61.7 Å². The molecule has 0 saturated carbocycles. The van der Waals surface area contributed by atoms with Gasteiger partial charge in [0.1, 0.15) is 11.6 Å². The molecule has 0 radical (unpaired) electrons. The van der Waals surface area contributed by atoms with Crippen LogP contribution in [0.5, 0.6) is 5.75 Å². The number of carbonyl (C=O) groups is 1. The van der Waals surface area contributed by atoms with Crippen molar-refractivity contribution >= 4 is 28.5 Å². The second-order valence-electron chi connectivity index (χ2n) is 6.56. The van der Waals surface area contributed by atoms with Crippen molar-refractivity contribution in [1.29, 1.82) is 0 Å². The minimum absolute atomic E-state index is 0.203. The third kappa shape index (κ3) is 4.93. The van der Waals surface area contributed by atoms with Gasteiger partial charge in [-0.2, -0.15) is 0 Å². The zero-order valence-electron chi connectivity index (χ0n) is 16.0. The van der Waals surface area contributed by atoms with Crippen molar-refractivity contribution in [3.8, 4) is 5.75 Å². The first-order valence-electron chi connectivity index (χ1n) is 9.32. The Hall–Kier alpha value is -2.79. The van der Waals surface area contributed by atoms with Gasteiger partial charge in [0.15, 0.2) is 0 Å². The number of rotatable bonds is 9. The van der Waals surface area contributed by atoms with Gasteiger partial charge in [0.2, 0.25) is 5.91 Å². The molecule has 0 saturated heterocycles. The lowest BCUT2D eigenvalue weighted by Crippen LogP contribution is -2.22. The Labute approximate surface area is 170 Å². The fourth-order valence-corrected chi connectivity index (χ4v) is 3.13. The fraction of sp³-hybridized carbons (Fsp3) is 0.273. The number of carbonyl (C=O) groups excluding carboxylic acids is 1. The molecule has 3 rings (SSSR count). The van der Waals surface area contributed by atoms with Crippen molar-refractivity contribution in [2.45, 2.75) is 32.9 Å². The molecule has 2 aromatic carbocycles. The Morgan fingerprint density at radius 3 is 2.89 bits per heavy atom. The summed E-state index contributed by atoms with van der Waals surface area (Å²) < 4.78 is 7.98. The van der Waals surface area contributed by atoms with E-state index in [1.807, 2.05) is 49.4 Å². The Kier molecular flexibility index (Phi) is 6.71. The number of nitrogens with one attached hydrogen (secondary N) is 1. The summed E-state index contributed by atoms with van der Waals surface area (Å²) >= 11 is 6.04. The molecule has 0 aliphatic rings. The van der Waals surface area contributed by atoms with E-state index in [-0.39, 0.29) is 5.91 Å². The summed E-state index contributed by atoms with van der Waals surface area (Å²) in [5.74, 6) is 1.47. The lowest BCUT2D eigenvalue weighted by molar-refractivity contribution is -0.116. The van der Waals surface area contributed by atoms with Crippen molar-refractivity contribution in [2.75, 3.05) is 6.61 Å². The normalized spacial score (nSPS) is 10.8. The summed E-state index contributed by atoms with van der Waals surface area (Å²) in [6, 6.07) is 13.7. The molecule has 1 amide bonds. The molecular weight excluding hydrogens is 374 g/mol. The van der Waals surface area contributed by atoms with Gasteiger partial charge in [-0.15, -0.1) is 0 Å². The Bertz CT molecular complexity index is 981. The highest BCUT2D eigenvalue weighted by Crippen LogP contribution is 2.21. The van der Waals surface area contributed by atoms with E-state index in [0.717, 1.165) is 52.6 Å². The van der Waals surface area contributed by atoms with Crippen LogP contribution < -0.4 is 10.1 Å². The Morgan fingerprint density at radius 1 is 1.29 bits per heavy atom. The summed E-state index contributed by atoms with van der Waals surface area (Å²) in [5.41, 5.74) is 3.01. The minimum atomic E-state index is -0.203. The summed E-state index contributed by atoms with van der Waals surface area (Å²) in [7, 11) is 0. The second kappa shape index (κ2) is 9.42. The molecule has 0 bridgehead atoms. The molecule has 6 heteroatoms. The number of aryl methyl sites for hydroxylation is 2. The molecule has 0 aliphatic heterocycles. The molecule has 3 aromatic rings. The van der Waals surface area contributed by atoms with E-state index < -0.39 is 0 Å². The third-order valence-corrected chi connectivity index (χ3v) is 4.94. The molecule has 1 aromatic heterocycles. The van der Waals surface area contributed by atoms with E-state index in [1.54, 1.807) is 0 Å². The molecule has 0 spiro atoms. The molecule has 0 fully saturated rings. The highest BCUT2D eigenvalue weighted by atomic mass is 35.5. The Balaban J connectivity index is 1.58. The van der Waals surface area contributed by atoms with Crippen molar-refractivity contribution in [3.63, 3.8) is 0 Å². The minimum Gasteiger partial charge on any atom is -0.494 e. The number of ether oxygens (including phenoxy) is 1. The van der Waals surface area contributed by atoms with Crippen LogP contribution in [0.15, 0.2) is 55.1 Å². The zero-order valence-corrected chi connectivity index (χ0v) is 16.7. The van der Waals surface area contributed by atoms with Crippen molar-refractivity contribution in [1.82, 2.24) is 14.9 Å². The maximum Gasteiger partial charge on any atom is 0.243 e. The maximum atomic E-state index is 11.5. The number of para-hydroxylation sites is 2. The van der Waals surface area contributed by atoms with Crippen LogP contribution >= 0.6 is 11.6 Å². The van der Waals surface area contributed by atoms with Gasteiger partial charge in [-0.1, -0.05) is 30.3 Å². The first-order chi connectivity index (χ1) is 13.6. The quantitative estimate of drug-likeness (QED) is 0.422. The molecule has 1 heterocycles. The smallest absolute Gasteiger partial charge is 0.243 e. The number of imidazole rings is 1. The predicted molar refractivity (Wildman–Crippen MR) is 113 cm³/mol. The molecule has 28 heavy (non-hydrogen) atoms. The molecule has 0 aliphatic carbocycles. The summed E-state index contributed by atoms with van der Waals surface area (Å²) in [6.07, 6.45) is 3.12. The van der Waals surface area contributed by atoms with E-state index >= 15 is 0 Å². The topological polar surface area (TPSA) is 56.2 Å². The fourth-order valence-electron chi connectivity index (χ4n) is 3.02. The van der Waals surface area contributed by atoms with Gasteiger partial charge >= 0.3 is 0 Å². The maximum absolute atomic E-state index is 11.5. The SMILES string of the molecule is C=CC(=O)NCc1nc2ccccc2n1CCCCOc1ccc(Cl)c(C)c1. The van der Waals surface area contributed by atoms with Crippen LogP contribution in [0.2, 0.25) is 5.02 Å². The number of amides is 1. The molecular formula is C22H24ClN3O2. The van der Waals surface area contributed by atoms with Gasteiger partial charge in [0, 0.05) is 11.6 Å². The van der Waals surface area contributed by atoms with Crippen LogP contribution in [0, 0.1) is 6.92 Å². The highest BCUT2D eigenvalue weighted by Gasteiger charge is 2.10. The van der Waals surface area contributed by atoms with Crippen LogP contribution in [-0.4, -0.2) is 22.1 Å². The number of hydrogen-bond donors (Lipinski definition) is 1. The summed E-state index contributed by atoms with van der Waals surface area (Å²) in [4.78, 5) is 16.2. The monoisotopic (exact) mass is 397 g/mol. The van der Waals surface area contributed by atoms with Crippen LogP contribution in [-0.2, 0) is 17.9 Å². The number of unbranched alkanes of at least 4 members (excludes halogenated alkanes) is 1. The number of benzene rings is 2. The average molecular weight is 398 g/mol. The van der Waals surface area contributed by atoms with Gasteiger partial charge < -0.3 is 14.6 Å². The largest absolute Gasteiger partial charge is 0.494 e. The van der Waals surface area contributed by atoms with E-state index in [2.05, 4.69) is 21.4 Å². The van der Waals surface area contributed by atoms with E-state index in [0.29, 0.717) is 13.2 Å². The van der Waals surface area contributed by atoms with E-state index in [9.17, 15) is 4.79 Å². The van der Waals surface area contributed by atoms with E-state index in [1.165, 1.54) is 6.08 Å². The number of hydrogen-bond acceptors (Lipinski definition) is 3. The number of aromatic nitrogens is 2. The van der Waals surface area contributed by atoms with Crippen LogP contribution in [0.1, 0.15) is 24.2 Å². The first-order valence-corrected chi connectivity index (χ1v) is 9.69. The summed E-state index contributed by atoms with van der Waals surface area (Å²) in [5, 5.41) is 3.55. The molecule has 146 valence electrons. The first kappa shape index (κ1) is 20.0. The van der Waals surface area contributed by atoms with Crippen molar-refractivity contribution < 1.29 is 9.53 Å². The zero-order chi connectivity index (χ0) is 19.9. The molecule has 0 atom stereocenters. The van der Waals surface area contributed by atoms with E-state index in [4.69, 9.17) is 16.3 Å². The van der Waals surface area contributed by atoms with Crippen LogP contribution in [0.25, 0.3) is 11.0 Å². The van der Waals surface area contributed by atoms with Crippen molar-refractivity contribution in [3.05, 3.63) is 71.5 Å². The lowest BCUT2D eigenvalue weighted by Gasteiger charge is -2.11. The molecule has 5 nitrogen and oxygen atoms in total. The molecule has 0 unspecified atom stereocenters. The Morgan fingerprint density at radius 2 is 2.11 bits per heavy atom. The highest BCUT2D eigenvalue weighted by molar-refractivity contribution is 6.31. The predicted octanol–water partition coefficient (Wildman–Crippen LogP) is 4.66. The van der Waals surface area contributed by atoms with Gasteiger partial charge in [-0.3, -0.25) is 4.79 Å². The molecule has 1 N–H and O–H groups in total. The summed E-state index contributed by atoms with van der Waals surface area (Å²) in [6.45, 7) is 7.27. The van der Waals surface area contributed by atoms with Gasteiger partial charge in [-0.25, -0.2) is 4.98 Å². The van der Waals surface area contributed by atoms with Crippen LogP contribution in [0.4, 0.5) is 0 Å². The van der Waals surface area contributed by atoms with Crippen LogP contribution in [0.3, 0.4) is 0 Å². The van der Waals surface area contributed by atoms with Crippen molar-refractivity contribution in [2.24, 2.45) is 0 Å². The van der Waals surface area contributed by atoms with Gasteiger partial charge in [0.25, 0.3) is 0 Å². The average Bonchev–Trinajstić information content (AvgIpc) is 3.06. The number of fused-ring (bicyclic) bond motifs is 1. The standard InChI is InChI=1S/C22H24ClN3O2/c1-3-22(27)24-15-21-25-19-8-4-5-9-20(19)26(21)12-6-7-13-28-17-10-11-18(23)16(2)14-17/h3-5,8-11,14H,1,6-7,12-13,15H2,2H3,(H,24,27). The second-order valence-corrected chi connectivity index (χ2v) is 6.96. The lowest BCUT2D eigenvalue weighted by atomic mass is 10.2. The van der Waals surface area contributed by atoms with Gasteiger partial charge in [0.05, 0.1) is 24.2 Å². The third-order valence-electron chi connectivity index (χ3n) is 4.51.